The van der Waals surface area contributed by atoms with Crippen LogP contribution in [0.25, 0.3) is 0 Å². The van der Waals surface area contributed by atoms with Gasteiger partial charge in [0.25, 0.3) is 0 Å². The van der Waals surface area contributed by atoms with Gasteiger partial charge in [-0.3, -0.25) is 0 Å². The Bertz CT molecular complexity index is 571. The third-order valence-corrected chi connectivity index (χ3v) is 7.31. The van der Waals surface area contributed by atoms with Gasteiger partial charge in [0.15, 0.2) is 0 Å². The van der Waals surface area contributed by atoms with E-state index in [-0.39, 0.29) is 0 Å². The maximum atomic E-state index is 5.55. The lowest BCUT2D eigenvalue weighted by atomic mass is 9.68. The molecule has 2 aliphatic carbocycles. The highest BCUT2D eigenvalue weighted by molar-refractivity contribution is 5.25. The summed E-state index contributed by atoms with van der Waals surface area (Å²) in [5.74, 6) is 3.79. The first-order chi connectivity index (χ1) is 13.8. The van der Waals surface area contributed by atoms with Crippen LogP contribution in [0.5, 0.6) is 0 Å². The minimum absolute atomic E-state index is 0.627. The van der Waals surface area contributed by atoms with Gasteiger partial charge >= 0.3 is 0 Å². The van der Waals surface area contributed by atoms with Crippen molar-refractivity contribution in [1.82, 2.24) is 0 Å². The van der Waals surface area contributed by atoms with Gasteiger partial charge in [0.1, 0.15) is 0 Å². The van der Waals surface area contributed by atoms with Crippen LogP contribution in [0.15, 0.2) is 49.6 Å². The lowest BCUT2D eigenvalue weighted by Gasteiger charge is -2.38. The second kappa shape index (κ2) is 11.6. The molecule has 1 aromatic carbocycles. The highest BCUT2D eigenvalue weighted by Gasteiger charge is 2.31. The standard InChI is InChI=1S/C27H40O/c1-3-5-6-7-22-8-12-24(13-9-22)26-16-18-27(19-17-26)25-14-10-23(11-15-25)21-28-20-4-2/h3-4,10-11,14-15,22,24,26-27H,1-2,5-9,12-13,16-21H2/t22-,24-,26?,27?. The van der Waals surface area contributed by atoms with Gasteiger partial charge in [-0.1, -0.05) is 55.7 Å². The molecule has 2 fully saturated rings. The number of rotatable bonds is 10. The lowest BCUT2D eigenvalue weighted by Crippen LogP contribution is -2.25. The molecule has 0 N–H and O–H groups in total. The second-order valence-electron chi connectivity index (χ2n) is 9.16. The molecule has 0 saturated heterocycles. The third kappa shape index (κ3) is 6.34. The molecule has 0 heterocycles. The van der Waals surface area contributed by atoms with Crippen molar-refractivity contribution < 1.29 is 4.74 Å². The van der Waals surface area contributed by atoms with Crippen LogP contribution >= 0.6 is 0 Å². The smallest absolute Gasteiger partial charge is 0.0721 e. The monoisotopic (exact) mass is 380 g/mol. The molecule has 0 aromatic heterocycles. The molecule has 0 spiro atoms. The van der Waals surface area contributed by atoms with Gasteiger partial charge in [-0.05, 0) is 86.2 Å². The summed E-state index contributed by atoms with van der Waals surface area (Å²) >= 11 is 0. The Kier molecular flexibility index (Phi) is 8.86. The summed E-state index contributed by atoms with van der Waals surface area (Å²) in [6.07, 6.45) is 19.5. The van der Waals surface area contributed by atoms with Crippen LogP contribution in [-0.2, 0) is 11.3 Å². The number of unbranched alkanes of at least 4 members (excludes halogenated alkanes) is 1. The van der Waals surface area contributed by atoms with Crippen molar-refractivity contribution in [2.75, 3.05) is 6.61 Å². The van der Waals surface area contributed by atoms with Crippen LogP contribution in [0.2, 0.25) is 0 Å². The molecule has 28 heavy (non-hydrogen) atoms. The summed E-state index contributed by atoms with van der Waals surface area (Å²) in [5, 5.41) is 0. The molecule has 0 aliphatic heterocycles. The first-order valence-electron chi connectivity index (χ1n) is 11.7. The molecule has 2 saturated carbocycles. The fourth-order valence-corrected chi connectivity index (χ4v) is 5.57. The first kappa shape index (κ1) is 21.4. The lowest BCUT2D eigenvalue weighted by molar-refractivity contribution is 0.149. The van der Waals surface area contributed by atoms with Crippen molar-refractivity contribution in [3.05, 3.63) is 60.7 Å². The quantitative estimate of drug-likeness (QED) is 0.297. The van der Waals surface area contributed by atoms with Crippen molar-refractivity contribution in [1.29, 1.82) is 0 Å². The highest BCUT2D eigenvalue weighted by Crippen LogP contribution is 2.44. The van der Waals surface area contributed by atoms with Crippen molar-refractivity contribution >= 4 is 0 Å². The van der Waals surface area contributed by atoms with E-state index < -0.39 is 0 Å². The van der Waals surface area contributed by atoms with Gasteiger partial charge < -0.3 is 4.74 Å². The van der Waals surface area contributed by atoms with E-state index in [1.807, 2.05) is 6.08 Å². The van der Waals surface area contributed by atoms with E-state index in [4.69, 9.17) is 4.74 Å². The minimum atomic E-state index is 0.627. The van der Waals surface area contributed by atoms with Gasteiger partial charge in [0.05, 0.1) is 13.2 Å². The molecule has 154 valence electrons. The molecule has 3 rings (SSSR count). The number of benzene rings is 1. The van der Waals surface area contributed by atoms with E-state index in [1.54, 1.807) is 0 Å². The largest absolute Gasteiger partial charge is 0.373 e. The van der Waals surface area contributed by atoms with Crippen molar-refractivity contribution in [3.8, 4) is 0 Å². The first-order valence-corrected chi connectivity index (χ1v) is 11.7. The van der Waals surface area contributed by atoms with Gasteiger partial charge in [0, 0.05) is 0 Å². The normalized spacial score (nSPS) is 28.0. The molecule has 0 amide bonds. The SMILES string of the molecule is C=CCCC[C@H]1CC[C@H](C2CCC(c3ccc(COCC=C)cc3)CC2)CC1. The Morgan fingerprint density at radius 1 is 0.821 bits per heavy atom. The molecule has 0 atom stereocenters. The number of allylic oxidation sites excluding steroid dienone is 1. The predicted octanol–water partition coefficient (Wildman–Crippen LogP) is 7.83. The molecule has 1 heteroatoms. The van der Waals surface area contributed by atoms with E-state index in [9.17, 15) is 0 Å². The summed E-state index contributed by atoms with van der Waals surface area (Å²) in [6, 6.07) is 9.18. The van der Waals surface area contributed by atoms with E-state index in [2.05, 4.69) is 43.5 Å². The van der Waals surface area contributed by atoms with E-state index in [0.717, 1.165) is 23.7 Å². The van der Waals surface area contributed by atoms with Crippen LogP contribution in [-0.4, -0.2) is 6.61 Å². The van der Waals surface area contributed by atoms with Crippen molar-refractivity contribution in [3.63, 3.8) is 0 Å². The van der Waals surface area contributed by atoms with E-state index in [0.29, 0.717) is 13.2 Å². The molecule has 1 nitrogen and oxygen atoms in total. The summed E-state index contributed by atoms with van der Waals surface area (Å²) in [7, 11) is 0. The molecule has 1 aromatic rings. The Hall–Kier alpha value is -1.34. The van der Waals surface area contributed by atoms with E-state index >= 15 is 0 Å². The van der Waals surface area contributed by atoms with Crippen LogP contribution in [0.1, 0.15) is 87.7 Å². The molecule has 0 unspecified atom stereocenters. The zero-order valence-corrected chi connectivity index (χ0v) is 17.8. The molecule has 0 radical (unpaired) electrons. The van der Waals surface area contributed by atoms with Crippen molar-refractivity contribution in [2.45, 2.75) is 83.2 Å². The van der Waals surface area contributed by atoms with Gasteiger partial charge in [-0.25, -0.2) is 0 Å². The fraction of sp³-hybridized carbons (Fsp3) is 0.630. The predicted molar refractivity (Wildman–Crippen MR) is 120 cm³/mol. The third-order valence-electron chi connectivity index (χ3n) is 7.31. The van der Waals surface area contributed by atoms with Gasteiger partial charge in [-0.15, -0.1) is 13.2 Å². The topological polar surface area (TPSA) is 9.23 Å². The molecular weight excluding hydrogens is 340 g/mol. The number of hydrogen-bond donors (Lipinski definition) is 0. The number of ether oxygens (including phenoxy) is 1. The van der Waals surface area contributed by atoms with E-state index in [1.165, 1.54) is 81.8 Å². The Morgan fingerprint density at radius 3 is 2.07 bits per heavy atom. The van der Waals surface area contributed by atoms with Gasteiger partial charge in [0.2, 0.25) is 0 Å². The van der Waals surface area contributed by atoms with Crippen LogP contribution in [0.3, 0.4) is 0 Å². The van der Waals surface area contributed by atoms with Crippen LogP contribution in [0, 0.1) is 17.8 Å². The maximum Gasteiger partial charge on any atom is 0.0721 e. The summed E-state index contributed by atoms with van der Waals surface area (Å²) in [6.45, 7) is 8.87. The summed E-state index contributed by atoms with van der Waals surface area (Å²) in [5.41, 5.74) is 2.81. The van der Waals surface area contributed by atoms with Gasteiger partial charge in [-0.2, -0.15) is 0 Å². The highest BCUT2D eigenvalue weighted by atomic mass is 16.5. The zero-order chi connectivity index (χ0) is 19.6. The van der Waals surface area contributed by atoms with Crippen LogP contribution < -0.4 is 0 Å². The Morgan fingerprint density at radius 2 is 1.46 bits per heavy atom. The molecule has 0 bridgehead atoms. The average Bonchev–Trinajstić information content (AvgIpc) is 2.75. The summed E-state index contributed by atoms with van der Waals surface area (Å²) < 4.78 is 5.55. The maximum absolute atomic E-state index is 5.55. The zero-order valence-electron chi connectivity index (χ0n) is 17.8. The minimum Gasteiger partial charge on any atom is -0.373 e. The average molecular weight is 381 g/mol. The Labute approximate surface area is 173 Å². The number of hydrogen-bond acceptors (Lipinski definition) is 1. The second-order valence-corrected chi connectivity index (χ2v) is 9.16. The molecule has 2 aliphatic rings. The fourth-order valence-electron chi connectivity index (χ4n) is 5.57. The summed E-state index contributed by atoms with van der Waals surface area (Å²) in [4.78, 5) is 0. The van der Waals surface area contributed by atoms with Crippen LogP contribution in [0.4, 0.5) is 0 Å². The Balaban J connectivity index is 1.39. The van der Waals surface area contributed by atoms with Crippen molar-refractivity contribution in [2.24, 2.45) is 17.8 Å². The molecular formula is C27H40O.